The van der Waals surface area contributed by atoms with E-state index in [2.05, 4.69) is 42.8 Å². The van der Waals surface area contributed by atoms with Crippen LogP contribution < -0.4 is 10.2 Å². The van der Waals surface area contributed by atoms with Gasteiger partial charge in [0.05, 0.1) is 43.4 Å². The zero-order valence-corrected chi connectivity index (χ0v) is 27.1. The average molecular weight is 643 g/mol. The van der Waals surface area contributed by atoms with Crippen LogP contribution in [0.4, 0.5) is 10.1 Å². The third-order valence-corrected chi connectivity index (χ3v) is 8.71. The fraction of sp³-hybridized carbons (Fsp3) is 0.613. The second-order valence-corrected chi connectivity index (χ2v) is 12.6. The van der Waals surface area contributed by atoms with E-state index in [-0.39, 0.29) is 48.6 Å². The first-order valence-corrected chi connectivity index (χ1v) is 14.7. The van der Waals surface area contributed by atoms with Gasteiger partial charge in [0.2, 0.25) is 5.91 Å². The minimum absolute atomic E-state index is 0. The summed E-state index contributed by atoms with van der Waals surface area (Å²) >= 11 is 0. The van der Waals surface area contributed by atoms with Gasteiger partial charge in [0.15, 0.2) is 0 Å². The molecule has 12 heteroatoms. The van der Waals surface area contributed by atoms with E-state index in [4.69, 9.17) is 9.72 Å². The van der Waals surface area contributed by atoms with Crippen molar-refractivity contribution < 1.29 is 24.1 Å². The Kier molecular flexibility index (Phi) is 12.4. The van der Waals surface area contributed by atoms with E-state index in [1.165, 1.54) is 12.1 Å². The van der Waals surface area contributed by atoms with Crippen molar-refractivity contribution in [2.24, 2.45) is 0 Å². The molecular weight excluding hydrogens is 596 g/mol. The summed E-state index contributed by atoms with van der Waals surface area (Å²) in [6, 6.07) is 8.98. The lowest BCUT2D eigenvalue weighted by Crippen LogP contribution is -2.62. The SMILES string of the molecule is C[C@@H]1CN(CC(=O)N2CC(C)(C)c3nc([C@@H](O)CO)c(Cc4ccc(F)cc4)cc32)[C@@H](CN2CCOC[C@H]2C)CN1.Cl.Cl. The number of morpholine rings is 1. The molecule has 3 aliphatic heterocycles. The molecule has 4 atom stereocenters. The first-order valence-electron chi connectivity index (χ1n) is 14.7. The number of anilines is 1. The molecule has 0 bridgehead atoms. The second kappa shape index (κ2) is 14.9. The number of rotatable bonds is 8. The van der Waals surface area contributed by atoms with Crippen molar-refractivity contribution in [1.82, 2.24) is 20.1 Å². The molecule has 1 aromatic carbocycles. The number of nitrogens with one attached hydrogen (secondary N) is 1. The van der Waals surface area contributed by atoms with Crippen molar-refractivity contribution in [3.63, 3.8) is 0 Å². The first kappa shape index (κ1) is 35.6. The molecule has 9 nitrogen and oxygen atoms in total. The van der Waals surface area contributed by atoms with Crippen LogP contribution in [-0.2, 0) is 21.4 Å². The number of pyridine rings is 1. The summed E-state index contributed by atoms with van der Waals surface area (Å²) in [6.45, 7) is 13.6. The molecule has 43 heavy (non-hydrogen) atoms. The molecule has 240 valence electrons. The number of nitrogens with zero attached hydrogens (tertiary/aromatic N) is 4. The number of aliphatic hydroxyl groups is 2. The Morgan fingerprint density at radius 2 is 1.93 bits per heavy atom. The highest BCUT2D eigenvalue weighted by atomic mass is 35.5. The average Bonchev–Trinajstić information content (AvgIpc) is 3.21. The molecule has 1 aromatic heterocycles. The van der Waals surface area contributed by atoms with Crippen molar-refractivity contribution >= 4 is 36.4 Å². The first-order chi connectivity index (χ1) is 19.6. The molecule has 0 saturated carbocycles. The van der Waals surface area contributed by atoms with Gasteiger partial charge in [0.25, 0.3) is 0 Å². The van der Waals surface area contributed by atoms with Gasteiger partial charge in [-0.1, -0.05) is 26.0 Å². The molecule has 2 saturated heterocycles. The van der Waals surface area contributed by atoms with Gasteiger partial charge in [0, 0.05) is 56.3 Å². The van der Waals surface area contributed by atoms with Crippen LogP contribution in [0.25, 0.3) is 0 Å². The van der Waals surface area contributed by atoms with E-state index >= 15 is 0 Å². The minimum atomic E-state index is -1.15. The number of ether oxygens (including phenoxy) is 1. The molecule has 0 spiro atoms. The van der Waals surface area contributed by atoms with Crippen LogP contribution >= 0.6 is 24.8 Å². The zero-order chi connectivity index (χ0) is 29.3. The third-order valence-electron chi connectivity index (χ3n) is 8.71. The second-order valence-electron chi connectivity index (χ2n) is 12.6. The number of halogens is 3. The summed E-state index contributed by atoms with van der Waals surface area (Å²) < 4.78 is 19.2. The van der Waals surface area contributed by atoms with Gasteiger partial charge in [0.1, 0.15) is 11.9 Å². The van der Waals surface area contributed by atoms with E-state index in [1.807, 2.05) is 11.0 Å². The van der Waals surface area contributed by atoms with Crippen molar-refractivity contribution in [1.29, 1.82) is 0 Å². The Labute approximate surface area is 266 Å². The number of fused-ring (bicyclic) bond motifs is 1. The highest BCUT2D eigenvalue weighted by Crippen LogP contribution is 2.41. The highest BCUT2D eigenvalue weighted by Gasteiger charge is 2.42. The summed E-state index contributed by atoms with van der Waals surface area (Å²) in [5, 5.41) is 24.0. The Morgan fingerprint density at radius 3 is 2.60 bits per heavy atom. The Bertz CT molecular complexity index is 1240. The lowest BCUT2D eigenvalue weighted by molar-refractivity contribution is -0.121. The number of aromatic nitrogens is 1. The van der Waals surface area contributed by atoms with Gasteiger partial charge < -0.3 is 25.2 Å². The molecule has 1 amide bonds. The number of carbonyl (C=O) groups excluding carboxylic acids is 1. The Morgan fingerprint density at radius 1 is 1.21 bits per heavy atom. The fourth-order valence-corrected chi connectivity index (χ4v) is 6.35. The van der Waals surface area contributed by atoms with E-state index in [0.717, 1.165) is 56.3 Å². The molecule has 3 N–H and O–H groups in total. The maximum atomic E-state index is 14.0. The molecule has 0 unspecified atom stereocenters. The van der Waals surface area contributed by atoms with Crippen molar-refractivity contribution in [3.05, 3.63) is 58.7 Å². The molecule has 3 aliphatic rings. The summed E-state index contributed by atoms with van der Waals surface area (Å²) in [7, 11) is 0. The molecular formula is C31H46Cl2FN5O4. The molecule has 2 fully saturated rings. The lowest BCUT2D eigenvalue weighted by atomic mass is 9.90. The van der Waals surface area contributed by atoms with Crippen LogP contribution in [0.3, 0.4) is 0 Å². The lowest BCUT2D eigenvalue weighted by Gasteiger charge is -2.43. The third kappa shape index (κ3) is 8.04. The number of amides is 1. The van der Waals surface area contributed by atoms with Gasteiger partial charge in [-0.3, -0.25) is 19.6 Å². The van der Waals surface area contributed by atoms with Crippen molar-refractivity contribution in [3.8, 4) is 0 Å². The number of hydrogen-bond acceptors (Lipinski definition) is 8. The number of benzene rings is 1. The summed E-state index contributed by atoms with van der Waals surface area (Å²) in [5.41, 5.74) is 3.01. The monoisotopic (exact) mass is 641 g/mol. The Balaban J connectivity index is 0.00000253. The molecule has 0 radical (unpaired) electrons. The van der Waals surface area contributed by atoms with E-state index < -0.39 is 18.1 Å². The van der Waals surface area contributed by atoms with Crippen molar-refractivity contribution in [2.75, 3.05) is 64.0 Å². The van der Waals surface area contributed by atoms with E-state index in [1.54, 1.807) is 12.1 Å². The van der Waals surface area contributed by atoms with Crippen LogP contribution in [-0.4, -0.2) is 108 Å². The number of hydrogen-bond donors (Lipinski definition) is 3. The normalized spacial score (nSPS) is 24.5. The maximum Gasteiger partial charge on any atom is 0.241 e. The van der Waals surface area contributed by atoms with Crippen LogP contribution in [0.5, 0.6) is 0 Å². The quantitative estimate of drug-likeness (QED) is 0.405. The van der Waals surface area contributed by atoms with Crippen LogP contribution in [0.15, 0.2) is 30.3 Å². The summed E-state index contributed by atoms with van der Waals surface area (Å²) in [4.78, 5) is 25.5. The molecule has 4 heterocycles. The topological polar surface area (TPSA) is 101 Å². The zero-order valence-electron chi connectivity index (χ0n) is 25.5. The maximum absolute atomic E-state index is 14.0. The fourth-order valence-electron chi connectivity index (χ4n) is 6.35. The van der Waals surface area contributed by atoms with Crippen LogP contribution in [0, 0.1) is 5.82 Å². The predicted octanol–water partition coefficient (Wildman–Crippen LogP) is 2.69. The van der Waals surface area contributed by atoms with Gasteiger partial charge in [-0.15, -0.1) is 24.8 Å². The predicted molar refractivity (Wildman–Crippen MR) is 170 cm³/mol. The standard InChI is InChI=1S/C31H44FN5O4.2ClH/c1-20-14-36(25(13-33-20)15-35-9-10-41-18-21(35)2)16-28(40)37-19-31(3,4)30-26(37)12-23(29(34-30)27(39)17-38)11-22-5-7-24(32)8-6-22;;/h5-8,12,20-21,25,27,33,38-39H,9-11,13-19H2,1-4H3;2*1H/t20-,21-,25-,27+;;/m1../s1. The van der Waals surface area contributed by atoms with E-state index in [9.17, 15) is 19.4 Å². The van der Waals surface area contributed by atoms with Gasteiger partial charge in [-0.25, -0.2) is 4.39 Å². The summed E-state index contributed by atoms with van der Waals surface area (Å²) in [6.07, 6.45) is -0.758. The smallest absolute Gasteiger partial charge is 0.241 e. The van der Waals surface area contributed by atoms with Crippen molar-refractivity contribution in [2.45, 2.75) is 63.8 Å². The largest absolute Gasteiger partial charge is 0.393 e. The minimum Gasteiger partial charge on any atom is -0.393 e. The number of piperazine rings is 1. The van der Waals surface area contributed by atoms with Gasteiger partial charge in [-0.2, -0.15) is 0 Å². The van der Waals surface area contributed by atoms with Crippen LogP contribution in [0.2, 0.25) is 0 Å². The summed E-state index contributed by atoms with van der Waals surface area (Å²) in [5.74, 6) is -0.297. The van der Waals surface area contributed by atoms with Gasteiger partial charge in [-0.05, 0) is 49.6 Å². The molecule has 5 rings (SSSR count). The molecule has 2 aromatic rings. The number of aliphatic hydroxyl groups excluding tert-OH is 2. The number of carbonyl (C=O) groups is 1. The van der Waals surface area contributed by atoms with Crippen LogP contribution in [0.1, 0.15) is 56.3 Å². The van der Waals surface area contributed by atoms with E-state index in [0.29, 0.717) is 36.8 Å². The van der Waals surface area contributed by atoms with Gasteiger partial charge >= 0.3 is 0 Å². The highest BCUT2D eigenvalue weighted by molar-refractivity contribution is 5.97. The Hall–Kier alpha value is -1.89. The molecule has 0 aliphatic carbocycles.